The third kappa shape index (κ3) is 5.38. The molecule has 12 nitrogen and oxygen atoms in total. The second-order valence-corrected chi connectivity index (χ2v) is 9.71. The molecule has 0 saturated carbocycles. The molecular formula is C22H19Cl2N7O5S. The van der Waals surface area contributed by atoms with Crippen molar-refractivity contribution in [2.75, 3.05) is 16.0 Å². The maximum atomic E-state index is 12.9. The lowest BCUT2D eigenvalue weighted by Crippen LogP contribution is -2.15. The number of carbonyl (C=O) groups excluding carboxylic acids is 3. The molecule has 0 aliphatic heterocycles. The minimum Gasteiger partial charge on any atom is -0.477 e. The van der Waals surface area contributed by atoms with Crippen LogP contribution in [0.1, 0.15) is 42.0 Å². The number of halogens is 2. The number of hydrogen-bond acceptors (Lipinski definition) is 6. The van der Waals surface area contributed by atoms with Crippen LogP contribution < -0.4 is 16.0 Å². The summed E-state index contributed by atoms with van der Waals surface area (Å²) in [5.74, 6) is -2.66. The highest BCUT2D eigenvalue weighted by molar-refractivity contribution is 7.11. The first-order valence-electron chi connectivity index (χ1n) is 10.4. The van der Waals surface area contributed by atoms with E-state index in [0.717, 1.165) is 11.5 Å². The molecule has 0 unspecified atom stereocenters. The van der Waals surface area contributed by atoms with Crippen LogP contribution in [-0.2, 0) is 21.1 Å². The van der Waals surface area contributed by atoms with Crippen molar-refractivity contribution >= 4 is 75.5 Å². The lowest BCUT2D eigenvalue weighted by molar-refractivity contribution is 0.0686. The smallest absolute Gasteiger partial charge is 0.352 e. The number of nitrogens with zero attached hydrogens (tertiary/aromatic N) is 4. The van der Waals surface area contributed by atoms with Crippen molar-refractivity contribution in [3.8, 4) is 0 Å². The number of carboxylic acid groups (broad SMARTS) is 1. The van der Waals surface area contributed by atoms with Crippen LogP contribution in [0, 0.1) is 0 Å². The average Bonchev–Trinajstić information content (AvgIpc) is 3.56. The molecule has 0 saturated heterocycles. The van der Waals surface area contributed by atoms with Crippen LogP contribution >= 0.6 is 34.7 Å². The summed E-state index contributed by atoms with van der Waals surface area (Å²) < 4.78 is 8.53. The van der Waals surface area contributed by atoms with E-state index in [2.05, 4.69) is 20.3 Å². The number of aromatic carboxylic acids is 1. The molecule has 0 aliphatic rings. The van der Waals surface area contributed by atoms with E-state index < -0.39 is 23.7 Å². The van der Waals surface area contributed by atoms with E-state index in [0.29, 0.717) is 17.1 Å². The van der Waals surface area contributed by atoms with E-state index in [-0.39, 0.29) is 32.1 Å². The molecule has 37 heavy (non-hydrogen) atoms. The number of carbonyl (C=O) groups is 4. The van der Waals surface area contributed by atoms with Gasteiger partial charge in [0, 0.05) is 39.7 Å². The second-order valence-electron chi connectivity index (χ2n) is 7.96. The van der Waals surface area contributed by atoms with Gasteiger partial charge in [-0.3, -0.25) is 14.4 Å². The van der Waals surface area contributed by atoms with E-state index in [1.54, 1.807) is 33.5 Å². The molecule has 192 valence electrons. The number of nitrogens with one attached hydrogen (secondary N) is 3. The zero-order valence-electron chi connectivity index (χ0n) is 19.5. The van der Waals surface area contributed by atoms with Crippen molar-refractivity contribution in [2.24, 2.45) is 21.1 Å². The fraction of sp³-hybridized carbons (Fsp3) is 0.136. The molecule has 15 heteroatoms. The molecule has 0 spiro atoms. The third-order valence-electron chi connectivity index (χ3n) is 5.29. The first-order valence-corrected chi connectivity index (χ1v) is 11.9. The Kier molecular flexibility index (Phi) is 7.12. The standard InChI is InChI=1S/C22H19Cl2N7O5S/c1-29-7-10(4-13(29)20(33)26-12-6-15(22(35)36)31(3)9-12)25-19(32)14-5-11(8-30(14)2)27-21(34)17-16(23)18(24)37-28-17/h4-9H,1-3H3,(H,25,32)(H,26,33)(H,27,34)(H,35,36). The summed E-state index contributed by atoms with van der Waals surface area (Å²) >= 11 is 12.7. The third-order valence-corrected chi connectivity index (χ3v) is 6.90. The number of amides is 3. The van der Waals surface area contributed by atoms with Crippen LogP contribution in [-0.4, -0.2) is 46.9 Å². The van der Waals surface area contributed by atoms with Crippen molar-refractivity contribution < 1.29 is 24.3 Å². The van der Waals surface area contributed by atoms with Crippen LogP contribution in [0.4, 0.5) is 17.1 Å². The van der Waals surface area contributed by atoms with Crippen molar-refractivity contribution in [3.05, 3.63) is 68.9 Å². The van der Waals surface area contributed by atoms with Gasteiger partial charge in [-0.25, -0.2) is 4.79 Å². The van der Waals surface area contributed by atoms with Gasteiger partial charge in [0.1, 0.15) is 26.4 Å². The average molecular weight is 564 g/mol. The molecule has 0 aromatic carbocycles. The Morgan fingerprint density at radius 2 is 1.16 bits per heavy atom. The van der Waals surface area contributed by atoms with Gasteiger partial charge in [-0.1, -0.05) is 23.2 Å². The molecule has 4 heterocycles. The molecule has 4 N–H and O–H groups in total. The Morgan fingerprint density at radius 1 is 0.757 bits per heavy atom. The fourth-order valence-corrected chi connectivity index (χ4v) is 4.54. The van der Waals surface area contributed by atoms with E-state index in [1.807, 2.05) is 0 Å². The normalized spacial score (nSPS) is 10.8. The summed E-state index contributed by atoms with van der Waals surface area (Å²) in [6.45, 7) is 0. The van der Waals surface area contributed by atoms with Gasteiger partial charge in [-0.05, 0) is 29.7 Å². The predicted octanol–water partition coefficient (Wildman–Crippen LogP) is 3.92. The Balaban J connectivity index is 1.44. The summed E-state index contributed by atoms with van der Waals surface area (Å²) in [6, 6.07) is 4.30. The molecule has 0 atom stereocenters. The van der Waals surface area contributed by atoms with Gasteiger partial charge in [-0.15, -0.1) is 0 Å². The van der Waals surface area contributed by atoms with Crippen LogP contribution in [0.2, 0.25) is 9.36 Å². The maximum Gasteiger partial charge on any atom is 0.352 e. The van der Waals surface area contributed by atoms with Crippen molar-refractivity contribution in [2.45, 2.75) is 0 Å². The van der Waals surface area contributed by atoms with E-state index >= 15 is 0 Å². The molecule has 0 bridgehead atoms. The second kappa shape index (κ2) is 10.1. The lowest BCUT2D eigenvalue weighted by atomic mass is 10.3. The molecule has 4 rings (SSSR count). The van der Waals surface area contributed by atoms with E-state index in [4.69, 9.17) is 23.2 Å². The minimum absolute atomic E-state index is 0.0173. The molecule has 0 fully saturated rings. The molecular weight excluding hydrogens is 545 g/mol. The molecule has 3 amide bonds. The number of anilines is 3. The number of aromatic nitrogens is 4. The fourth-order valence-electron chi connectivity index (χ4n) is 3.54. The van der Waals surface area contributed by atoms with Gasteiger partial charge in [0.2, 0.25) is 0 Å². The van der Waals surface area contributed by atoms with Crippen LogP contribution in [0.25, 0.3) is 0 Å². The zero-order chi connectivity index (χ0) is 27.0. The van der Waals surface area contributed by atoms with Gasteiger partial charge in [0.25, 0.3) is 17.7 Å². The van der Waals surface area contributed by atoms with Crippen LogP contribution in [0.3, 0.4) is 0 Å². The molecule has 0 aliphatic carbocycles. The predicted molar refractivity (Wildman–Crippen MR) is 139 cm³/mol. The summed E-state index contributed by atoms with van der Waals surface area (Å²) in [5.41, 5.74) is 1.48. The SMILES string of the molecule is Cn1cc(NC(=O)c2cc(NC(=O)c3cc(NC(=O)c4nsc(Cl)c4Cl)cn3C)cn2C)cc1C(=O)O. The van der Waals surface area contributed by atoms with Gasteiger partial charge >= 0.3 is 5.97 Å². The Labute approximate surface area is 223 Å². The number of hydrogen-bond donors (Lipinski definition) is 4. The van der Waals surface area contributed by atoms with Gasteiger partial charge < -0.3 is 34.8 Å². The lowest BCUT2D eigenvalue weighted by Gasteiger charge is -2.03. The highest BCUT2D eigenvalue weighted by atomic mass is 35.5. The number of rotatable bonds is 7. The summed E-state index contributed by atoms with van der Waals surface area (Å²) in [4.78, 5) is 49.3. The van der Waals surface area contributed by atoms with Crippen molar-refractivity contribution in [1.29, 1.82) is 0 Å². The summed E-state index contributed by atoms with van der Waals surface area (Å²) in [6.07, 6.45) is 4.58. The van der Waals surface area contributed by atoms with Crippen molar-refractivity contribution in [3.63, 3.8) is 0 Å². The van der Waals surface area contributed by atoms with E-state index in [9.17, 15) is 24.3 Å². The number of aryl methyl sites for hydroxylation is 3. The molecule has 4 aromatic heterocycles. The topological polar surface area (TPSA) is 152 Å². The molecule has 4 aromatic rings. The van der Waals surface area contributed by atoms with E-state index in [1.165, 1.54) is 38.1 Å². The van der Waals surface area contributed by atoms with Gasteiger partial charge in [0.05, 0.1) is 17.1 Å². The summed E-state index contributed by atoms with van der Waals surface area (Å²) in [7, 11) is 4.82. The van der Waals surface area contributed by atoms with Crippen LogP contribution in [0.15, 0.2) is 36.8 Å². The highest BCUT2D eigenvalue weighted by Crippen LogP contribution is 2.30. The largest absolute Gasteiger partial charge is 0.477 e. The zero-order valence-corrected chi connectivity index (χ0v) is 21.8. The monoisotopic (exact) mass is 563 g/mol. The van der Waals surface area contributed by atoms with Gasteiger partial charge in [0.15, 0.2) is 5.69 Å². The molecule has 0 radical (unpaired) electrons. The quantitative estimate of drug-likeness (QED) is 0.267. The number of carboxylic acids is 1. The van der Waals surface area contributed by atoms with Crippen LogP contribution in [0.5, 0.6) is 0 Å². The Morgan fingerprint density at radius 3 is 1.54 bits per heavy atom. The van der Waals surface area contributed by atoms with Gasteiger partial charge in [-0.2, -0.15) is 4.37 Å². The minimum atomic E-state index is -1.12. The first kappa shape index (κ1) is 26.0. The Bertz CT molecular complexity index is 1570. The van der Waals surface area contributed by atoms with Crippen molar-refractivity contribution in [1.82, 2.24) is 18.1 Å². The highest BCUT2D eigenvalue weighted by Gasteiger charge is 2.21. The summed E-state index contributed by atoms with van der Waals surface area (Å²) in [5, 5.41) is 17.2. The Hall–Kier alpha value is -4.07. The first-order chi connectivity index (χ1) is 17.4. The maximum absolute atomic E-state index is 12.9.